The Bertz CT molecular complexity index is 695. The molecule has 0 saturated heterocycles. The molecule has 1 aliphatic heterocycles. The summed E-state index contributed by atoms with van der Waals surface area (Å²) in [6, 6.07) is 13.3. The van der Waals surface area contributed by atoms with E-state index in [1.807, 2.05) is 12.1 Å². The van der Waals surface area contributed by atoms with Crippen LogP contribution in [-0.2, 0) is 4.79 Å². The lowest BCUT2D eigenvalue weighted by molar-refractivity contribution is -0.122. The van der Waals surface area contributed by atoms with E-state index in [0.717, 1.165) is 16.8 Å². The van der Waals surface area contributed by atoms with Crippen LogP contribution in [0.1, 0.15) is 23.5 Å². The highest BCUT2D eigenvalue weighted by Gasteiger charge is 2.27. The molecule has 21 heavy (non-hydrogen) atoms. The number of carbonyl (C=O) groups is 1. The van der Waals surface area contributed by atoms with Gasteiger partial charge in [-0.25, -0.2) is 9.82 Å². The largest absolute Gasteiger partial charge is 0.272 e. The number of amides is 1. The van der Waals surface area contributed by atoms with E-state index in [1.165, 1.54) is 12.1 Å². The van der Waals surface area contributed by atoms with Crippen molar-refractivity contribution in [2.75, 3.05) is 0 Å². The van der Waals surface area contributed by atoms with Gasteiger partial charge in [-0.05, 0) is 35.4 Å². The third-order valence-electron chi connectivity index (χ3n) is 3.46. The van der Waals surface area contributed by atoms with Crippen molar-refractivity contribution in [3.63, 3.8) is 0 Å². The molecule has 0 saturated carbocycles. The molecular weight excluding hydrogens is 291 g/mol. The second kappa shape index (κ2) is 5.66. The van der Waals surface area contributed by atoms with Crippen molar-refractivity contribution in [3.8, 4) is 0 Å². The molecule has 3 rings (SSSR count). The van der Waals surface area contributed by atoms with Gasteiger partial charge in [0.25, 0.3) is 0 Å². The Kier molecular flexibility index (Phi) is 3.71. The molecule has 0 aromatic heterocycles. The maximum atomic E-state index is 13.0. The molecule has 0 fully saturated rings. The number of hydrogen-bond acceptors (Lipinski definition) is 2. The van der Waals surface area contributed by atoms with Gasteiger partial charge < -0.3 is 0 Å². The quantitative estimate of drug-likeness (QED) is 0.906. The Morgan fingerprint density at radius 3 is 2.43 bits per heavy atom. The van der Waals surface area contributed by atoms with Crippen LogP contribution in [0.3, 0.4) is 0 Å². The van der Waals surface area contributed by atoms with Crippen LogP contribution in [0.4, 0.5) is 4.39 Å². The van der Waals surface area contributed by atoms with Crippen molar-refractivity contribution < 1.29 is 9.18 Å². The van der Waals surface area contributed by atoms with Gasteiger partial charge in [0.15, 0.2) is 0 Å². The third-order valence-corrected chi connectivity index (χ3v) is 3.72. The van der Waals surface area contributed by atoms with E-state index >= 15 is 0 Å². The maximum Gasteiger partial charge on any atom is 0.248 e. The highest BCUT2D eigenvalue weighted by atomic mass is 35.5. The molecule has 0 aliphatic carbocycles. The number of benzene rings is 2. The van der Waals surface area contributed by atoms with Crippen molar-refractivity contribution in [3.05, 3.63) is 70.5 Å². The number of halogens is 2. The summed E-state index contributed by atoms with van der Waals surface area (Å²) < 4.78 is 13.0. The third kappa shape index (κ3) is 2.95. The van der Waals surface area contributed by atoms with E-state index in [2.05, 4.69) is 10.5 Å². The Hall–Kier alpha value is -2.20. The Labute approximate surface area is 126 Å². The van der Waals surface area contributed by atoms with E-state index in [9.17, 15) is 9.18 Å². The first-order valence-corrected chi connectivity index (χ1v) is 6.89. The van der Waals surface area contributed by atoms with Crippen LogP contribution in [0.15, 0.2) is 53.6 Å². The molecule has 106 valence electrons. The lowest BCUT2D eigenvalue weighted by atomic mass is 9.89. The van der Waals surface area contributed by atoms with Crippen LogP contribution >= 0.6 is 11.6 Å². The average molecular weight is 303 g/mol. The fourth-order valence-corrected chi connectivity index (χ4v) is 2.45. The molecular formula is C16H12ClFN2O. The summed E-state index contributed by atoms with van der Waals surface area (Å²) in [6.07, 6.45) is 0.471. The van der Waals surface area contributed by atoms with Crippen LogP contribution in [0, 0.1) is 5.82 Å². The first kappa shape index (κ1) is 13.8. The fraction of sp³-hybridized carbons (Fsp3) is 0.125. The molecule has 2 aromatic carbocycles. The molecule has 3 nitrogen and oxygen atoms in total. The van der Waals surface area contributed by atoms with Crippen LogP contribution in [0.2, 0.25) is 5.02 Å². The fourth-order valence-electron chi connectivity index (χ4n) is 2.32. The van der Waals surface area contributed by atoms with Crippen molar-refractivity contribution >= 4 is 23.2 Å². The molecule has 0 radical (unpaired) electrons. The topological polar surface area (TPSA) is 41.5 Å². The summed E-state index contributed by atoms with van der Waals surface area (Å²) in [5.41, 5.74) is 4.99. The number of nitrogens with one attached hydrogen (secondary N) is 1. The Morgan fingerprint density at radius 1 is 1.10 bits per heavy atom. The van der Waals surface area contributed by atoms with Gasteiger partial charge in [0, 0.05) is 11.4 Å². The van der Waals surface area contributed by atoms with Gasteiger partial charge in [-0.1, -0.05) is 35.9 Å². The summed E-state index contributed by atoms with van der Waals surface area (Å²) >= 11 is 5.87. The second-order valence-electron chi connectivity index (χ2n) is 4.85. The first-order chi connectivity index (χ1) is 10.1. The SMILES string of the molecule is O=C1NN=C(c2ccc(Cl)cc2)C[C@@H]1c1ccc(F)cc1. The van der Waals surface area contributed by atoms with E-state index < -0.39 is 0 Å². The number of nitrogens with zero attached hydrogens (tertiary/aromatic N) is 1. The summed E-state index contributed by atoms with van der Waals surface area (Å²) in [5.74, 6) is -0.866. The van der Waals surface area contributed by atoms with Gasteiger partial charge in [-0.3, -0.25) is 4.79 Å². The van der Waals surface area contributed by atoms with Gasteiger partial charge >= 0.3 is 0 Å². The predicted molar refractivity (Wildman–Crippen MR) is 79.9 cm³/mol. The zero-order valence-corrected chi connectivity index (χ0v) is 11.8. The van der Waals surface area contributed by atoms with Crippen molar-refractivity contribution in [2.24, 2.45) is 5.10 Å². The van der Waals surface area contributed by atoms with E-state index in [1.54, 1.807) is 24.3 Å². The number of carbonyl (C=O) groups excluding carboxylic acids is 1. The summed E-state index contributed by atoms with van der Waals surface area (Å²) in [5, 5.41) is 4.75. The van der Waals surface area contributed by atoms with Gasteiger partial charge in [0.2, 0.25) is 5.91 Å². The molecule has 1 aliphatic rings. The van der Waals surface area contributed by atoms with Crippen LogP contribution < -0.4 is 5.43 Å². The standard InChI is InChI=1S/C16H12ClFN2O/c17-12-5-1-11(2-6-12)15-9-14(16(21)20-19-15)10-3-7-13(18)8-4-10/h1-8,14H,9H2,(H,20,21)/t14-/m1/s1. The zero-order chi connectivity index (χ0) is 14.8. The Balaban J connectivity index is 1.88. The lowest BCUT2D eigenvalue weighted by Crippen LogP contribution is -2.33. The van der Waals surface area contributed by atoms with Gasteiger partial charge in [0.1, 0.15) is 5.82 Å². The minimum absolute atomic E-state index is 0.181. The summed E-state index contributed by atoms with van der Waals surface area (Å²) in [7, 11) is 0. The molecule has 1 atom stereocenters. The normalized spacial score (nSPS) is 18.1. The smallest absolute Gasteiger partial charge is 0.248 e. The van der Waals surface area contributed by atoms with Crippen LogP contribution in [0.25, 0.3) is 0 Å². The van der Waals surface area contributed by atoms with Crippen molar-refractivity contribution in [2.45, 2.75) is 12.3 Å². The molecule has 1 amide bonds. The highest BCUT2D eigenvalue weighted by molar-refractivity contribution is 6.30. The lowest BCUT2D eigenvalue weighted by Gasteiger charge is -2.21. The summed E-state index contributed by atoms with van der Waals surface area (Å²) in [6.45, 7) is 0. The highest BCUT2D eigenvalue weighted by Crippen LogP contribution is 2.26. The van der Waals surface area contributed by atoms with Gasteiger partial charge in [-0.15, -0.1) is 0 Å². The van der Waals surface area contributed by atoms with Crippen molar-refractivity contribution in [1.29, 1.82) is 0 Å². The molecule has 0 unspecified atom stereocenters. The zero-order valence-electron chi connectivity index (χ0n) is 11.0. The molecule has 2 aromatic rings. The van der Waals surface area contributed by atoms with Crippen LogP contribution in [0.5, 0.6) is 0 Å². The van der Waals surface area contributed by atoms with E-state index in [0.29, 0.717) is 11.4 Å². The van der Waals surface area contributed by atoms with Crippen molar-refractivity contribution in [1.82, 2.24) is 5.43 Å². The monoisotopic (exact) mass is 302 g/mol. The average Bonchev–Trinajstić information content (AvgIpc) is 2.50. The van der Waals surface area contributed by atoms with E-state index in [-0.39, 0.29) is 17.6 Å². The molecule has 5 heteroatoms. The number of hydrazone groups is 1. The number of rotatable bonds is 2. The molecule has 0 spiro atoms. The summed E-state index contributed by atoms with van der Waals surface area (Å²) in [4.78, 5) is 12.0. The minimum Gasteiger partial charge on any atom is -0.272 e. The second-order valence-corrected chi connectivity index (χ2v) is 5.29. The number of hydrogen-bond donors (Lipinski definition) is 1. The van der Waals surface area contributed by atoms with Gasteiger partial charge in [-0.2, -0.15) is 5.10 Å². The maximum absolute atomic E-state index is 13.0. The van der Waals surface area contributed by atoms with Crippen LogP contribution in [-0.4, -0.2) is 11.6 Å². The predicted octanol–water partition coefficient (Wildman–Crippen LogP) is 3.49. The molecule has 1 heterocycles. The molecule has 0 bridgehead atoms. The minimum atomic E-state index is -0.367. The first-order valence-electron chi connectivity index (χ1n) is 6.51. The Morgan fingerprint density at radius 2 is 1.76 bits per heavy atom. The molecule has 1 N–H and O–H groups in total. The van der Waals surface area contributed by atoms with E-state index in [4.69, 9.17) is 11.6 Å². The van der Waals surface area contributed by atoms with Gasteiger partial charge in [0.05, 0.1) is 11.6 Å².